The number of fused-ring (bicyclic) bond motifs is 1. The van der Waals surface area contributed by atoms with Crippen LogP contribution in [0.25, 0.3) is 10.9 Å². The summed E-state index contributed by atoms with van der Waals surface area (Å²) in [7, 11) is 0. The molecule has 1 aliphatic carbocycles. The van der Waals surface area contributed by atoms with Crippen molar-refractivity contribution >= 4 is 22.6 Å². The number of nitrogens with one attached hydrogen (secondary N) is 2. The highest BCUT2D eigenvalue weighted by Crippen LogP contribution is 2.23. The summed E-state index contributed by atoms with van der Waals surface area (Å²) in [5, 5.41) is 7.31. The molecular weight excluding hydrogens is 353 g/mol. The van der Waals surface area contributed by atoms with Gasteiger partial charge in [0.05, 0.1) is 11.1 Å². The Morgan fingerprint density at radius 2 is 1.79 bits per heavy atom. The molecule has 3 aromatic rings. The summed E-state index contributed by atoms with van der Waals surface area (Å²) in [4.78, 5) is 17.6. The van der Waals surface area contributed by atoms with Crippen LogP contribution in [0.1, 0.15) is 48.0 Å². The predicted molar refractivity (Wildman–Crippen MR) is 110 cm³/mol. The highest BCUT2D eigenvalue weighted by atomic mass is 19.1. The first-order chi connectivity index (χ1) is 13.7. The molecule has 1 saturated carbocycles. The minimum absolute atomic E-state index is 0.0460. The van der Waals surface area contributed by atoms with Crippen LogP contribution in [0.3, 0.4) is 0 Å². The third-order valence-electron chi connectivity index (χ3n) is 5.29. The van der Waals surface area contributed by atoms with E-state index in [-0.39, 0.29) is 17.8 Å². The number of pyridine rings is 1. The molecule has 1 amide bonds. The van der Waals surface area contributed by atoms with E-state index >= 15 is 0 Å². The summed E-state index contributed by atoms with van der Waals surface area (Å²) in [5.74, 6) is 0.335. The van der Waals surface area contributed by atoms with Crippen molar-refractivity contribution in [2.45, 2.75) is 44.7 Å². The number of rotatable bonds is 5. The second kappa shape index (κ2) is 8.38. The van der Waals surface area contributed by atoms with Gasteiger partial charge in [0.15, 0.2) is 0 Å². The number of amides is 1. The van der Waals surface area contributed by atoms with Gasteiger partial charge < -0.3 is 10.6 Å². The van der Waals surface area contributed by atoms with Crippen LogP contribution in [0.15, 0.2) is 54.6 Å². The van der Waals surface area contributed by atoms with Crippen LogP contribution in [-0.4, -0.2) is 16.9 Å². The number of hydrogen-bond acceptors (Lipinski definition) is 3. The van der Waals surface area contributed by atoms with Gasteiger partial charge in [-0.3, -0.25) is 4.79 Å². The number of halogens is 1. The molecule has 0 bridgehead atoms. The van der Waals surface area contributed by atoms with E-state index in [9.17, 15) is 9.18 Å². The van der Waals surface area contributed by atoms with E-state index in [4.69, 9.17) is 0 Å². The van der Waals surface area contributed by atoms with Gasteiger partial charge in [-0.25, -0.2) is 9.37 Å². The van der Waals surface area contributed by atoms with Crippen molar-refractivity contribution in [3.63, 3.8) is 0 Å². The van der Waals surface area contributed by atoms with E-state index in [2.05, 4.69) is 15.6 Å². The van der Waals surface area contributed by atoms with Crippen LogP contribution in [0, 0.1) is 5.82 Å². The quantitative estimate of drug-likeness (QED) is 0.654. The Kier molecular flexibility index (Phi) is 5.51. The van der Waals surface area contributed by atoms with Crippen LogP contribution in [0.2, 0.25) is 0 Å². The molecule has 2 aromatic carbocycles. The zero-order chi connectivity index (χ0) is 19.3. The lowest BCUT2D eigenvalue weighted by atomic mass is 9.95. The van der Waals surface area contributed by atoms with Crippen molar-refractivity contribution in [1.29, 1.82) is 0 Å². The summed E-state index contributed by atoms with van der Waals surface area (Å²) in [6.45, 7) is 0.509. The number of carbonyl (C=O) groups excluding carboxylic acids is 1. The molecule has 0 unspecified atom stereocenters. The third kappa shape index (κ3) is 4.30. The predicted octanol–water partition coefficient (Wildman–Crippen LogP) is 5.05. The monoisotopic (exact) mass is 377 g/mol. The first kappa shape index (κ1) is 18.4. The average Bonchev–Trinajstić information content (AvgIpc) is 2.73. The molecule has 1 fully saturated rings. The lowest BCUT2D eigenvalue weighted by molar-refractivity contribution is 0.0929. The third-order valence-corrected chi connectivity index (χ3v) is 5.29. The van der Waals surface area contributed by atoms with E-state index in [1.54, 1.807) is 12.1 Å². The van der Waals surface area contributed by atoms with Gasteiger partial charge in [0.1, 0.15) is 11.6 Å². The second-order valence-electron chi connectivity index (χ2n) is 7.36. The van der Waals surface area contributed by atoms with Gasteiger partial charge in [-0.15, -0.1) is 0 Å². The average molecular weight is 377 g/mol. The smallest absolute Gasteiger partial charge is 0.252 e. The maximum absolute atomic E-state index is 13.1. The molecule has 28 heavy (non-hydrogen) atoms. The van der Waals surface area contributed by atoms with E-state index in [0.717, 1.165) is 29.3 Å². The molecule has 5 heteroatoms. The molecule has 0 aliphatic heterocycles. The van der Waals surface area contributed by atoms with E-state index < -0.39 is 0 Å². The fraction of sp³-hybridized carbons (Fsp3) is 0.304. The van der Waals surface area contributed by atoms with Crippen LogP contribution in [0.5, 0.6) is 0 Å². The van der Waals surface area contributed by atoms with Gasteiger partial charge in [-0.05, 0) is 42.7 Å². The molecule has 4 nitrogen and oxygen atoms in total. The van der Waals surface area contributed by atoms with Gasteiger partial charge in [0.25, 0.3) is 5.91 Å². The number of nitrogens with zero attached hydrogens (tertiary/aromatic N) is 1. The van der Waals surface area contributed by atoms with E-state index in [1.807, 2.05) is 30.3 Å². The van der Waals surface area contributed by atoms with Crippen molar-refractivity contribution in [2.24, 2.45) is 0 Å². The topological polar surface area (TPSA) is 54.0 Å². The summed E-state index contributed by atoms with van der Waals surface area (Å²) in [5.41, 5.74) is 2.36. The van der Waals surface area contributed by atoms with Crippen molar-refractivity contribution in [3.8, 4) is 0 Å². The second-order valence-corrected chi connectivity index (χ2v) is 7.36. The highest BCUT2D eigenvalue weighted by molar-refractivity contribution is 6.07. The Balaban J connectivity index is 1.57. The molecular formula is C23H24FN3O. The normalized spacial score (nSPS) is 14.8. The highest BCUT2D eigenvalue weighted by Gasteiger charge is 2.19. The van der Waals surface area contributed by atoms with Crippen LogP contribution < -0.4 is 10.6 Å². The molecule has 4 rings (SSSR count). The van der Waals surface area contributed by atoms with Crippen LogP contribution in [-0.2, 0) is 6.54 Å². The fourth-order valence-electron chi connectivity index (χ4n) is 3.76. The number of hydrogen-bond donors (Lipinski definition) is 2. The zero-order valence-corrected chi connectivity index (χ0v) is 15.7. The first-order valence-electron chi connectivity index (χ1n) is 9.88. The Morgan fingerprint density at radius 1 is 1.04 bits per heavy atom. The largest absolute Gasteiger partial charge is 0.366 e. The van der Waals surface area contributed by atoms with Gasteiger partial charge in [0.2, 0.25) is 0 Å². The molecule has 1 aliphatic rings. The van der Waals surface area contributed by atoms with Crippen LogP contribution >= 0.6 is 0 Å². The van der Waals surface area contributed by atoms with E-state index in [1.165, 1.54) is 31.4 Å². The Hall–Kier alpha value is -2.95. The minimum atomic E-state index is -0.255. The standard InChI is InChI=1S/C23H24FN3O/c24-17-12-10-16(11-13-17)15-25-22-14-20(19-8-4-5-9-21(19)27-22)23(28)26-18-6-2-1-3-7-18/h4-5,8-14,18H,1-3,6-7,15H2,(H,25,27)(H,26,28). The van der Waals surface area contributed by atoms with Crippen LogP contribution in [0.4, 0.5) is 10.2 Å². The Morgan fingerprint density at radius 3 is 2.57 bits per heavy atom. The summed E-state index contributed by atoms with van der Waals surface area (Å²) in [6.07, 6.45) is 5.69. The molecule has 1 aromatic heterocycles. The summed E-state index contributed by atoms with van der Waals surface area (Å²) >= 11 is 0. The molecule has 0 saturated heterocycles. The number of carbonyl (C=O) groups is 1. The van der Waals surface area contributed by atoms with Gasteiger partial charge in [-0.2, -0.15) is 0 Å². The number of para-hydroxylation sites is 1. The summed E-state index contributed by atoms with van der Waals surface area (Å²) < 4.78 is 13.1. The van der Waals surface area contributed by atoms with Crippen molar-refractivity contribution < 1.29 is 9.18 Å². The molecule has 144 valence electrons. The maximum atomic E-state index is 13.1. The van der Waals surface area contributed by atoms with Crippen molar-refractivity contribution in [2.75, 3.05) is 5.32 Å². The molecule has 0 spiro atoms. The molecule has 1 heterocycles. The van der Waals surface area contributed by atoms with Gasteiger partial charge >= 0.3 is 0 Å². The minimum Gasteiger partial charge on any atom is -0.366 e. The lowest BCUT2D eigenvalue weighted by Crippen LogP contribution is -2.36. The number of aromatic nitrogens is 1. The lowest BCUT2D eigenvalue weighted by Gasteiger charge is -2.23. The fourth-order valence-corrected chi connectivity index (χ4v) is 3.76. The Bertz CT molecular complexity index is 965. The molecule has 0 atom stereocenters. The van der Waals surface area contributed by atoms with Crippen molar-refractivity contribution in [3.05, 3.63) is 71.5 Å². The van der Waals surface area contributed by atoms with Gasteiger partial charge in [-0.1, -0.05) is 49.6 Å². The van der Waals surface area contributed by atoms with Gasteiger partial charge in [0, 0.05) is 18.0 Å². The summed E-state index contributed by atoms with van der Waals surface area (Å²) in [6, 6.07) is 16.1. The van der Waals surface area contributed by atoms with Crippen molar-refractivity contribution in [1.82, 2.24) is 10.3 Å². The number of anilines is 1. The van der Waals surface area contributed by atoms with E-state index in [0.29, 0.717) is 17.9 Å². The SMILES string of the molecule is O=C(NC1CCCCC1)c1cc(NCc2ccc(F)cc2)nc2ccccc12. The molecule has 0 radical (unpaired) electrons. The zero-order valence-electron chi connectivity index (χ0n) is 15.7. The maximum Gasteiger partial charge on any atom is 0.252 e. The molecule has 2 N–H and O–H groups in total. The Labute approximate surface area is 164 Å². The first-order valence-corrected chi connectivity index (χ1v) is 9.88. The number of benzene rings is 2.